The number of carbonyl (C=O) groups excluding carboxylic acids is 2. The normalized spacial score (nSPS) is 22.1. The molecule has 2 aliphatic rings. The van der Waals surface area contributed by atoms with Crippen molar-refractivity contribution in [3.8, 4) is 0 Å². The van der Waals surface area contributed by atoms with Crippen LogP contribution in [0, 0.1) is 16.0 Å². The number of para-hydroxylation sites is 2. The number of anilines is 2. The van der Waals surface area contributed by atoms with Crippen LogP contribution in [-0.4, -0.2) is 22.8 Å². The van der Waals surface area contributed by atoms with Crippen molar-refractivity contribution >= 4 is 52.1 Å². The van der Waals surface area contributed by atoms with E-state index in [1.807, 2.05) is 6.07 Å². The highest BCUT2D eigenvalue weighted by Gasteiger charge is 2.60. The lowest BCUT2D eigenvalue weighted by Gasteiger charge is -2.29. The van der Waals surface area contributed by atoms with E-state index in [-0.39, 0.29) is 21.4 Å². The first-order chi connectivity index (χ1) is 15.9. The molecule has 10 heteroatoms. The van der Waals surface area contributed by atoms with Crippen LogP contribution in [0.5, 0.6) is 0 Å². The lowest BCUT2D eigenvalue weighted by molar-refractivity contribution is -0.384. The number of hydroxylamine groups is 1. The highest BCUT2D eigenvalue weighted by atomic mass is 35.5. The highest BCUT2D eigenvalue weighted by Crippen LogP contribution is 2.49. The average Bonchev–Trinajstić information content (AvgIpc) is 3.31. The summed E-state index contributed by atoms with van der Waals surface area (Å²) in [5.74, 6) is -2.11. The van der Waals surface area contributed by atoms with Crippen LogP contribution < -0.4 is 9.96 Å². The molecule has 166 valence electrons. The fourth-order valence-electron chi connectivity index (χ4n) is 4.30. The molecule has 0 bridgehead atoms. The number of rotatable bonds is 4. The summed E-state index contributed by atoms with van der Waals surface area (Å²) >= 11 is 12.5. The molecule has 2 saturated heterocycles. The molecule has 2 aliphatic heterocycles. The predicted molar refractivity (Wildman–Crippen MR) is 122 cm³/mol. The van der Waals surface area contributed by atoms with E-state index in [9.17, 15) is 19.7 Å². The second kappa shape index (κ2) is 8.15. The van der Waals surface area contributed by atoms with Gasteiger partial charge in [0.15, 0.2) is 6.10 Å². The third kappa shape index (κ3) is 3.43. The number of non-ortho nitro benzene ring substituents is 1. The fraction of sp³-hybridized carbons (Fsp3) is 0.130. The van der Waals surface area contributed by atoms with Crippen LogP contribution in [0.4, 0.5) is 17.1 Å². The first-order valence-electron chi connectivity index (χ1n) is 9.95. The number of halogens is 2. The zero-order valence-corrected chi connectivity index (χ0v) is 18.3. The Hall–Kier alpha value is -3.46. The van der Waals surface area contributed by atoms with Gasteiger partial charge in [0, 0.05) is 12.1 Å². The van der Waals surface area contributed by atoms with Crippen LogP contribution in [0.2, 0.25) is 10.0 Å². The average molecular weight is 484 g/mol. The Morgan fingerprint density at radius 3 is 2.21 bits per heavy atom. The van der Waals surface area contributed by atoms with Gasteiger partial charge in [-0.05, 0) is 29.8 Å². The maximum absolute atomic E-state index is 13.6. The third-order valence-corrected chi connectivity index (χ3v) is 6.32. The molecule has 3 aromatic carbocycles. The number of amides is 2. The van der Waals surface area contributed by atoms with Crippen LogP contribution in [-0.2, 0) is 14.4 Å². The third-order valence-electron chi connectivity index (χ3n) is 5.71. The number of fused-ring (bicyclic) bond motifs is 1. The van der Waals surface area contributed by atoms with E-state index in [0.717, 1.165) is 4.90 Å². The molecule has 3 aromatic rings. The van der Waals surface area contributed by atoms with Gasteiger partial charge in [0.25, 0.3) is 11.6 Å². The van der Waals surface area contributed by atoms with E-state index in [0.29, 0.717) is 11.3 Å². The van der Waals surface area contributed by atoms with Gasteiger partial charge in [-0.2, -0.15) is 0 Å². The Balaban J connectivity index is 1.63. The van der Waals surface area contributed by atoms with E-state index in [2.05, 4.69) is 0 Å². The molecular formula is C23H15Cl2N3O5. The van der Waals surface area contributed by atoms with Crippen molar-refractivity contribution in [3.05, 3.63) is 98.5 Å². The molecule has 0 saturated carbocycles. The van der Waals surface area contributed by atoms with E-state index in [1.54, 1.807) is 36.4 Å². The van der Waals surface area contributed by atoms with Crippen LogP contribution >= 0.6 is 23.2 Å². The molecule has 0 aliphatic carbocycles. The van der Waals surface area contributed by atoms with Gasteiger partial charge >= 0.3 is 0 Å². The second-order valence-electron chi connectivity index (χ2n) is 7.59. The molecule has 33 heavy (non-hydrogen) atoms. The molecule has 5 rings (SSSR count). The zero-order valence-electron chi connectivity index (χ0n) is 16.8. The summed E-state index contributed by atoms with van der Waals surface area (Å²) in [6.07, 6.45) is -1.14. The van der Waals surface area contributed by atoms with E-state index >= 15 is 0 Å². The van der Waals surface area contributed by atoms with Crippen molar-refractivity contribution in [1.82, 2.24) is 0 Å². The summed E-state index contributed by atoms with van der Waals surface area (Å²) in [6, 6.07) is 18.8. The summed E-state index contributed by atoms with van der Waals surface area (Å²) in [7, 11) is 0. The Morgan fingerprint density at radius 2 is 1.55 bits per heavy atom. The molecule has 3 unspecified atom stereocenters. The molecule has 0 N–H and O–H groups in total. The lowest BCUT2D eigenvalue weighted by atomic mass is 9.90. The number of nitrogens with zero attached hydrogens (tertiary/aromatic N) is 3. The minimum absolute atomic E-state index is 0.0953. The number of carbonyl (C=O) groups is 2. The SMILES string of the molecule is O=C1C2ON(c3ccccc3)C(c3cccc([N+](=O)[O-])c3)C2C(=O)N1c1c(Cl)cccc1Cl. The van der Waals surface area contributed by atoms with Gasteiger partial charge in [0.05, 0.1) is 32.4 Å². The maximum atomic E-state index is 13.6. The Kier molecular flexibility index (Phi) is 5.28. The van der Waals surface area contributed by atoms with Crippen LogP contribution in [0.15, 0.2) is 72.8 Å². The molecule has 8 nitrogen and oxygen atoms in total. The van der Waals surface area contributed by atoms with Crippen molar-refractivity contribution in [2.75, 3.05) is 9.96 Å². The van der Waals surface area contributed by atoms with Crippen LogP contribution in [0.1, 0.15) is 11.6 Å². The van der Waals surface area contributed by atoms with Crippen molar-refractivity contribution in [1.29, 1.82) is 0 Å². The minimum Gasteiger partial charge on any atom is -0.273 e. The summed E-state index contributed by atoms with van der Waals surface area (Å²) in [4.78, 5) is 44.8. The van der Waals surface area contributed by atoms with Gasteiger partial charge < -0.3 is 0 Å². The summed E-state index contributed by atoms with van der Waals surface area (Å²) in [6.45, 7) is 0. The maximum Gasteiger partial charge on any atom is 0.269 e. The first kappa shape index (κ1) is 21.4. The Labute approximate surface area is 198 Å². The van der Waals surface area contributed by atoms with E-state index in [4.69, 9.17) is 28.0 Å². The van der Waals surface area contributed by atoms with Gasteiger partial charge in [0.1, 0.15) is 5.92 Å². The van der Waals surface area contributed by atoms with Gasteiger partial charge in [-0.15, -0.1) is 0 Å². The molecular weight excluding hydrogens is 469 g/mol. The molecule has 2 amide bonds. The van der Waals surface area contributed by atoms with Gasteiger partial charge in [0.2, 0.25) is 5.91 Å². The molecule has 0 spiro atoms. The van der Waals surface area contributed by atoms with E-state index < -0.39 is 34.8 Å². The van der Waals surface area contributed by atoms with Crippen molar-refractivity contribution in [2.24, 2.45) is 5.92 Å². The summed E-state index contributed by atoms with van der Waals surface area (Å²) < 4.78 is 0. The lowest BCUT2D eigenvalue weighted by Crippen LogP contribution is -2.37. The number of imide groups is 1. The quantitative estimate of drug-likeness (QED) is 0.296. The number of benzene rings is 3. The molecule has 3 atom stereocenters. The molecule has 2 heterocycles. The van der Waals surface area contributed by atoms with Gasteiger partial charge in [-0.25, -0.2) is 9.96 Å². The van der Waals surface area contributed by atoms with Crippen molar-refractivity contribution < 1.29 is 19.3 Å². The van der Waals surface area contributed by atoms with Crippen LogP contribution in [0.25, 0.3) is 0 Å². The summed E-state index contributed by atoms with van der Waals surface area (Å²) in [5, 5.41) is 13.1. The van der Waals surface area contributed by atoms with Crippen molar-refractivity contribution in [3.63, 3.8) is 0 Å². The Morgan fingerprint density at radius 1 is 0.879 bits per heavy atom. The number of hydrogen-bond acceptors (Lipinski definition) is 6. The van der Waals surface area contributed by atoms with Gasteiger partial charge in [-0.1, -0.05) is 59.6 Å². The molecule has 2 fully saturated rings. The Bertz CT molecular complexity index is 1270. The largest absolute Gasteiger partial charge is 0.273 e. The number of nitro benzene ring substituents is 1. The number of hydrogen-bond donors (Lipinski definition) is 0. The van der Waals surface area contributed by atoms with Gasteiger partial charge in [-0.3, -0.25) is 24.5 Å². The monoisotopic (exact) mass is 483 g/mol. The smallest absolute Gasteiger partial charge is 0.269 e. The van der Waals surface area contributed by atoms with E-state index in [1.165, 1.54) is 35.4 Å². The predicted octanol–water partition coefficient (Wildman–Crippen LogP) is 4.95. The molecule has 0 radical (unpaired) electrons. The summed E-state index contributed by atoms with van der Waals surface area (Å²) in [5.41, 5.74) is 1.03. The van der Waals surface area contributed by atoms with Crippen LogP contribution in [0.3, 0.4) is 0 Å². The second-order valence-corrected chi connectivity index (χ2v) is 8.41. The zero-order chi connectivity index (χ0) is 23.3. The minimum atomic E-state index is -1.14. The van der Waals surface area contributed by atoms with Crippen molar-refractivity contribution in [2.45, 2.75) is 12.1 Å². The molecule has 0 aromatic heterocycles. The highest BCUT2D eigenvalue weighted by molar-refractivity contribution is 6.42. The first-order valence-corrected chi connectivity index (χ1v) is 10.7. The standard InChI is InChI=1S/C23H15Cl2N3O5/c24-16-10-5-11-17(25)20(16)26-22(29)18-19(13-6-4-9-15(12-13)28(31)32)27(33-21(18)23(26)30)14-7-2-1-3-8-14/h1-12,18-19,21H. The number of nitro groups is 1. The topological polar surface area (TPSA) is 93.0 Å². The fourth-order valence-corrected chi connectivity index (χ4v) is 4.86.